The summed E-state index contributed by atoms with van der Waals surface area (Å²) in [7, 11) is 0. The van der Waals surface area contributed by atoms with Gasteiger partial charge in [0.15, 0.2) is 0 Å². The summed E-state index contributed by atoms with van der Waals surface area (Å²) in [5.41, 5.74) is 12.0. The molecule has 2 aromatic rings. The number of hydrogen-bond donors (Lipinski definition) is 1. The van der Waals surface area contributed by atoms with Gasteiger partial charge < -0.3 is 5.73 Å². The van der Waals surface area contributed by atoms with Gasteiger partial charge in [0.1, 0.15) is 0 Å². The van der Waals surface area contributed by atoms with Crippen LogP contribution < -0.4 is 5.73 Å². The van der Waals surface area contributed by atoms with Crippen LogP contribution in [0.5, 0.6) is 0 Å². The van der Waals surface area contributed by atoms with Crippen LogP contribution in [0, 0.1) is 0 Å². The molecule has 0 aliphatic heterocycles. The molecule has 1 aliphatic carbocycles. The third-order valence-electron chi connectivity index (χ3n) is 2.87. The Labute approximate surface area is 97.1 Å². The molecule has 3 rings (SSSR count). The molecule has 2 aromatic carbocycles. The third-order valence-corrected chi connectivity index (χ3v) is 3.37. The van der Waals surface area contributed by atoms with Gasteiger partial charge in [-0.2, -0.15) is 0 Å². The molecule has 0 spiro atoms. The van der Waals surface area contributed by atoms with Gasteiger partial charge in [-0.1, -0.05) is 28.1 Å². The lowest BCUT2D eigenvalue weighted by Gasteiger charge is -2.01. The van der Waals surface area contributed by atoms with Crippen LogP contribution in [0.1, 0.15) is 11.1 Å². The van der Waals surface area contributed by atoms with Crippen molar-refractivity contribution >= 4 is 21.6 Å². The van der Waals surface area contributed by atoms with Crippen molar-refractivity contribution in [3.05, 3.63) is 52.0 Å². The zero-order valence-electron chi connectivity index (χ0n) is 8.13. The molecular weight excluding hydrogens is 250 g/mol. The molecule has 0 heterocycles. The molecule has 0 saturated heterocycles. The molecule has 0 bridgehead atoms. The molecule has 2 N–H and O–H groups in total. The Morgan fingerprint density at radius 2 is 1.80 bits per heavy atom. The highest BCUT2D eigenvalue weighted by molar-refractivity contribution is 9.10. The second kappa shape index (κ2) is 3.11. The standard InChI is InChI=1S/C13H10BrN/c14-10-2-1-8-5-9-6-11(15)3-4-12(9)13(8)7-10/h1-4,6-7H,5,15H2. The summed E-state index contributed by atoms with van der Waals surface area (Å²) in [5, 5.41) is 0. The number of anilines is 1. The third kappa shape index (κ3) is 1.37. The fourth-order valence-electron chi connectivity index (χ4n) is 2.18. The van der Waals surface area contributed by atoms with Gasteiger partial charge in [0.25, 0.3) is 0 Å². The number of nitrogen functional groups attached to an aromatic ring is 1. The molecule has 74 valence electrons. The SMILES string of the molecule is Nc1ccc2c(c1)Cc1ccc(Br)cc1-2. The van der Waals surface area contributed by atoms with E-state index in [1.54, 1.807) is 0 Å². The second-order valence-corrected chi connectivity index (χ2v) is 4.81. The van der Waals surface area contributed by atoms with Gasteiger partial charge in [-0.3, -0.25) is 0 Å². The first-order valence-electron chi connectivity index (χ1n) is 4.91. The van der Waals surface area contributed by atoms with E-state index in [0.717, 1.165) is 16.6 Å². The fraction of sp³-hybridized carbons (Fsp3) is 0.0769. The smallest absolute Gasteiger partial charge is 0.0317 e. The molecule has 2 heteroatoms. The summed E-state index contributed by atoms with van der Waals surface area (Å²) < 4.78 is 1.13. The van der Waals surface area contributed by atoms with Crippen molar-refractivity contribution in [1.82, 2.24) is 0 Å². The summed E-state index contributed by atoms with van der Waals surface area (Å²) in [6.07, 6.45) is 1.00. The Bertz CT molecular complexity index is 546. The maximum absolute atomic E-state index is 5.79. The Morgan fingerprint density at radius 1 is 0.933 bits per heavy atom. The van der Waals surface area contributed by atoms with Crippen LogP contribution in [0.3, 0.4) is 0 Å². The predicted molar refractivity (Wildman–Crippen MR) is 66.8 cm³/mol. The maximum atomic E-state index is 5.79. The first-order valence-corrected chi connectivity index (χ1v) is 5.70. The molecule has 15 heavy (non-hydrogen) atoms. The fourth-order valence-corrected chi connectivity index (χ4v) is 2.54. The van der Waals surface area contributed by atoms with Crippen molar-refractivity contribution in [3.63, 3.8) is 0 Å². The lowest BCUT2D eigenvalue weighted by molar-refractivity contribution is 1.26. The number of halogens is 1. The highest BCUT2D eigenvalue weighted by atomic mass is 79.9. The zero-order chi connectivity index (χ0) is 10.4. The van der Waals surface area contributed by atoms with Crippen molar-refractivity contribution in [3.8, 4) is 11.1 Å². The quantitative estimate of drug-likeness (QED) is 0.614. The van der Waals surface area contributed by atoms with E-state index in [4.69, 9.17) is 5.73 Å². The van der Waals surface area contributed by atoms with E-state index in [0.29, 0.717) is 0 Å². The number of rotatable bonds is 0. The van der Waals surface area contributed by atoms with Gasteiger partial charge in [-0.25, -0.2) is 0 Å². The minimum Gasteiger partial charge on any atom is -0.399 e. The molecule has 0 atom stereocenters. The predicted octanol–water partition coefficient (Wildman–Crippen LogP) is 3.60. The summed E-state index contributed by atoms with van der Waals surface area (Å²) in [6, 6.07) is 12.6. The average molecular weight is 260 g/mol. The van der Waals surface area contributed by atoms with Gasteiger partial charge in [-0.05, 0) is 52.9 Å². The van der Waals surface area contributed by atoms with E-state index in [9.17, 15) is 0 Å². The van der Waals surface area contributed by atoms with Crippen molar-refractivity contribution in [2.24, 2.45) is 0 Å². The Hall–Kier alpha value is -1.28. The van der Waals surface area contributed by atoms with Gasteiger partial charge in [0.2, 0.25) is 0 Å². The van der Waals surface area contributed by atoms with Gasteiger partial charge >= 0.3 is 0 Å². The van der Waals surface area contributed by atoms with Crippen molar-refractivity contribution < 1.29 is 0 Å². The zero-order valence-corrected chi connectivity index (χ0v) is 9.71. The molecule has 1 aliphatic rings. The Balaban J connectivity index is 2.26. The first kappa shape index (κ1) is 8.98. The van der Waals surface area contributed by atoms with E-state index in [1.165, 1.54) is 22.3 Å². The number of nitrogens with two attached hydrogens (primary N) is 1. The van der Waals surface area contributed by atoms with Gasteiger partial charge in [0, 0.05) is 10.2 Å². The van der Waals surface area contributed by atoms with Crippen LogP contribution in [-0.4, -0.2) is 0 Å². The summed E-state index contributed by atoms with van der Waals surface area (Å²) in [5.74, 6) is 0. The molecule has 0 saturated carbocycles. The number of benzene rings is 2. The molecule has 0 aromatic heterocycles. The highest BCUT2D eigenvalue weighted by Crippen LogP contribution is 2.38. The van der Waals surface area contributed by atoms with E-state index in [2.05, 4.69) is 46.3 Å². The van der Waals surface area contributed by atoms with Crippen LogP contribution in [0.25, 0.3) is 11.1 Å². The largest absolute Gasteiger partial charge is 0.399 e. The van der Waals surface area contributed by atoms with Crippen molar-refractivity contribution in [2.75, 3.05) is 5.73 Å². The van der Waals surface area contributed by atoms with E-state index in [1.807, 2.05) is 6.07 Å². The van der Waals surface area contributed by atoms with E-state index in [-0.39, 0.29) is 0 Å². The van der Waals surface area contributed by atoms with Gasteiger partial charge in [0.05, 0.1) is 0 Å². The molecular formula is C13H10BrN. The summed E-state index contributed by atoms with van der Waals surface area (Å²) in [4.78, 5) is 0. The highest BCUT2D eigenvalue weighted by Gasteiger charge is 2.18. The van der Waals surface area contributed by atoms with E-state index < -0.39 is 0 Å². The number of hydrogen-bond acceptors (Lipinski definition) is 1. The molecule has 1 nitrogen and oxygen atoms in total. The van der Waals surface area contributed by atoms with Crippen molar-refractivity contribution in [1.29, 1.82) is 0 Å². The maximum Gasteiger partial charge on any atom is 0.0317 e. The minimum absolute atomic E-state index is 0.848. The number of fused-ring (bicyclic) bond motifs is 3. The van der Waals surface area contributed by atoms with Crippen LogP contribution in [0.15, 0.2) is 40.9 Å². The molecule has 0 amide bonds. The summed E-state index contributed by atoms with van der Waals surface area (Å²) in [6.45, 7) is 0. The van der Waals surface area contributed by atoms with Gasteiger partial charge in [-0.15, -0.1) is 0 Å². The molecule has 0 unspecified atom stereocenters. The average Bonchev–Trinajstić information content (AvgIpc) is 2.54. The molecule has 0 radical (unpaired) electrons. The van der Waals surface area contributed by atoms with Crippen LogP contribution in [0.4, 0.5) is 5.69 Å². The normalized spacial score (nSPS) is 12.3. The second-order valence-electron chi connectivity index (χ2n) is 3.89. The lowest BCUT2D eigenvalue weighted by atomic mass is 10.1. The van der Waals surface area contributed by atoms with Crippen molar-refractivity contribution in [2.45, 2.75) is 6.42 Å². The monoisotopic (exact) mass is 259 g/mol. The first-order chi connectivity index (χ1) is 7.24. The molecule has 0 fully saturated rings. The van der Waals surface area contributed by atoms with E-state index >= 15 is 0 Å². The van der Waals surface area contributed by atoms with Crippen LogP contribution in [0.2, 0.25) is 0 Å². The minimum atomic E-state index is 0.848. The van der Waals surface area contributed by atoms with Crippen LogP contribution >= 0.6 is 15.9 Å². The topological polar surface area (TPSA) is 26.0 Å². The lowest BCUT2D eigenvalue weighted by Crippen LogP contribution is -1.86. The summed E-state index contributed by atoms with van der Waals surface area (Å²) >= 11 is 3.51. The van der Waals surface area contributed by atoms with Crippen LogP contribution in [-0.2, 0) is 6.42 Å². The Morgan fingerprint density at radius 3 is 2.67 bits per heavy atom. The Kier molecular flexibility index (Phi) is 1.86.